The number of rotatable bonds is 14. The predicted molar refractivity (Wildman–Crippen MR) is 182 cm³/mol. The van der Waals surface area contributed by atoms with E-state index in [4.69, 9.17) is 23.7 Å². The molecule has 0 aromatic heterocycles. The predicted octanol–water partition coefficient (Wildman–Crippen LogP) is -0.141. The van der Waals surface area contributed by atoms with E-state index in [2.05, 4.69) is 5.32 Å². The van der Waals surface area contributed by atoms with Crippen molar-refractivity contribution >= 4 is 11.9 Å². The summed E-state index contributed by atoms with van der Waals surface area (Å²) >= 11 is 0. The molecule has 3 aliphatic heterocycles. The van der Waals surface area contributed by atoms with E-state index < -0.39 is 72.7 Å². The van der Waals surface area contributed by atoms with Crippen molar-refractivity contribution in [1.29, 1.82) is 0 Å². The van der Waals surface area contributed by atoms with Gasteiger partial charge in [-0.3, -0.25) is 15.0 Å². The first-order valence-electron chi connectivity index (χ1n) is 18.5. The number of piperidine rings is 1. The second kappa shape index (κ2) is 18.2. The lowest BCUT2D eigenvalue weighted by Gasteiger charge is -2.48. The first kappa shape index (κ1) is 40.7. The van der Waals surface area contributed by atoms with Crippen LogP contribution >= 0.6 is 0 Å². The van der Waals surface area contributed by atoms with Gasteiger partial charge in [-0.05, 0) is 70.8 Å². The minimum Gasteiger partial charge on any atom is -0.481 e. The number of nitrogens with one attached hydrogen (secondary N) is 1. The molecule has 0 amide bonds. The molecular formula is C36H56N2O14. The average molecular weight is 741 g/mol. The lowest BCUT2D eigenvalue weighted by molar-refractivity contribution is -0.412. The summed E-state index contributed by atoms with van der Waals surface area (Å²) < 4.78 is 29.6. The third kappa shape index (κ3) is 9.41. The van der Waals surface area contributed by atoms with Gasteiger partial charge in [-0.2, -0.15) is 0 Å². The second-order valence-corrected chi connectivity index (χ2v) is 14.6. The molecule has 2 saturated carbocycles. The van der Waals surface area contributed by atoms with Crippen LogP contribution in [-0.2, 0) is 33.3 Å². The monoisotopic (exact) mass is 740 g/mol. The molecule has 8 N–H and O–H groups in total. The zero-order chi connectivity index (χ0) is 37.5. The smallest absolute Gasteiger partial charge is 0.340 e. The van der Waals surface area contributed by atoms with Gasteiger partial charge in [-0.15, -0.1) is 0 Å². The number of aliphatic hydroxyl groups is 6. The standard InChI is InChI=1S/C36H56N2O14/c1-37-21-49-30-34(51-28(19-40)29(41)36(30,46)47)52-33-26(16-22-7-5-6-8-22)35(45,27(20-48-33)32(44)50-25-9-3-2-4-10-25)12-11-23-15-24(31(42)43)18-38(17-23)13-14-39/h11-12,16,20,23-26,28-30,33-34,37,39-41,45-47H,2-10,13-15,17-19,21H2,1H3,(H,42,43). The molecule has 5 aliphatic rings. The number of likely N-dealkylation sites (tertiary alicyclic amines) is 1. The molecule has 5 rings (SSSR count). The van der Waals surface area contributed by atoms with Crippen LogP contribution in [0.4, 0.5) is 0 Å². The third-order valence-electron chi connectivity index (χ3n) is 10.8. The molecule has 0 radical (unpaired) electrons. The SMILES string of the molecule is CNCOC1C(OC2OC=C(C(=O)OC3CCCCC3)C(O)(C=CC3CC(C(=O)O)CN(CCO)C3)C2C=C2CCCC2)OC(CO)C(O)C1(O)O. The number of esters is 1. The van der Waals surface area contributed by atoms with Crippen molar-refractivity contribution in [3.8, 4) is 0 Å². The molecule has 9 atom stereocenters. The maximum Gasteiger partial charge on any atom is 0.340 e. The van der Waals surface area contributed by atoms with E-state index in [9.17, 15) is 45.3 Å². The molecular weight excluding hydrogens is 684 g/mol. The minimum absolute atomic E-state index is 0.155. The Morgan fingerprint density at radius 3 is 2.44 bits per heavy atom. The van der Waals surface area contributed by atoms with Crippen LogP contribution in [0.15, 0.2) is 35.6 Å². The van der Waals surface area contributed by atoms with E-state index >= 15 is 0 Å². The van der Waals surface area contributed by atoms with E-state index in [1.165, 1.54) is 6.08 Å². The fourth-order valence-electron chi connectivity index (χ4n) is 7.95. The highest BCUT2D eigenvalue weighted by atomic mass is 16.8. The van der Waals surface area contributed by atoms with Crippen LogP contribution in [0.3, 0.4) is 0 Å². The number of allylic oxidation sites excluding steroid dienone is 1. The van der Waals surface area contributed by atoms with E-state index in [0.29, 0.717) is 19.4 Å². The summed E-state index contributed by atoms with van der Waals surface area (Å²) in [6, 6.07) is 0. The maximum atomic E-state index is 14.0. The number of ether oxygens (including phenoxy) is 5. The fraction of sp³-hybridized carbons (Fsp3) is 0.778. The third-order valence-corrected chi connectivity index (χ3v) is 10.8. The van der Waals surface area contributed by atoms with Crippen molar-refractivity contribution in [2.75, 3.05) is 46.6 Å². The van der Waals surface area contributed by atoms with Gasteiger partial charge in [-0.25, -0.2) is 4.79 Å². The maximum absolute atomic E-state index is 14.0. The minimum atomic E-state index is -2.94. The highest BCUT2D eigenvalue weighted by molar-refractivity contribution is 5.91. The van der Waals surface area contributed by atoms with Crippen molar-refractivity contribution < 1.29 is 69.0 Å². The summed E-state index contributed by atoms with van der Waals surface area (Å²) in [5, 5.41) is 77.5. The topological polar surface area (TPSA) is 237 Å². The molecule has 2 aliphatic carbocycles. The highest BCUT2D eigenvalue weighted by Crippen LogP contribution is 2.43. The Balaban J connectivity index is 1.54. The van der Waals surface area contributed by atoms with Crippen molar-refractivity contribution in [3.05, 3.63) is 35.6 Å². The van der Waals surface area contributed by atoms with Gasteiger partial charge in [0, 0.05) is 19.6 Å². The summed E-state index contributed by atoms with van der Waals surface area (Å²) in [6.45, 7) is -0.210. The van der Waals surface area contributed by atoms with E-state index in [0.717, 1.165) is 56.8 Å². The Morgan fingerprint density at radius 2 is 1.79 bits per heavy atom. The quantitative estimate of drug-likeness (QED) is 0.0657. The molecule has 52 heavy (non-hydrogen) atoms. The Hall–Kier alpha value is -2.48. The van der Waals surface area contributed by atoms with Crippen molar-refractivity contribution in [3.63, 3.8) is 0 Å². The molecule has 16 heteroatoms. The van der Waals surface area contributed by atoms with Gasteiger partial charge in [0.1, 0.15) is 35.7 Å². The number of hydrogen-bond donors (Lipinski definition) is 8. The number of aliphatic carboxylic acids is 1. The Bertz CT molecular complexity index is 1290. The van der Waals surface area contributed by atoms with E-state index in [-0.39, 0.29) is 50.4 Å². The first-order chi connectivity index (χ1) is 24.9. The van der Waals surface area contributed by atoms with Gasteiger partial charge in [0.05, 0.1) is 31.8 Å². The molecule has 3 heterocycles. The zero-order valence-corrected chi connectivity index (χ0v) is 29.8. The fourth-order valence-corrected chi connectivity index (χ4v) is 7.95. The number of carbonyl (C=O) groups is 2. The first-order valence-corrected chi connectivity index (χ1v) is 18.5. The van der Waals surface area contributed by atoms with Gasteiger partial charge in [0.15, 0.2) is 12.4 Å². The number of hydrogen-bond acceptors (Lipinski definition) is 15. The molecule has 294 valence electrons. The summed E-state index contributed by atoms with van der Waals surface area (Å²) in [4.78, 5) is 27.9. The van der Waals surface area contributed by atoms with E-state index in [1.54, 1.807) is 19.2 Å². The molecule has 0 aromatic carbocycles. The highest BCUT2D eigenvalue weighted by Gasteiger charge is 2.58. The number of carboxylic acids is 1. The van der Waals surface area contributed by atoms with E-state index in [1.807, 2.05) is 4.90 Å². The van der Waals surface area contributed by atoms with Crippen LogP contribution in [-0.4, -0.2) is 148 Å². The number of carboxylic acid groups (broad SMARTS) is 1. The number of aliphatic hydroxyl groups excluding tert-OH is 3. The Morgan fingerprint density at radius 1 is 1.06 bits per heavy atom. The van der Waals surface area contributed by atoms with Gasteiger partial charge in [0.2, 0.25) is 12.1 Å². The number of nitrogens with zero attached hydrogens (tertiary/aromatic N) is 1. The van der Waals surface area contributed by atoms with Gasteiger partial charge in [-0.1, -0.05) is 30.2 Å². The zero-order valence-electron chi connectivity index (χ0n) is 29.8. The number of carbonyl (C=O) groups excluding carboxylic acids is 1. The molecule has 16 nitrogen and oxygen atoms in total. The second-order valence-electron chi connectivity index (χ2n) is 14.6. The average Bonchev–Trinajstić information content (AvgIpc) is 3.64. The van der Waals surface area contributed by atoms with Gasteiger partial charge < -0.3 is 59.4 Å². The number of β-amino-alcohol motifs (C(OH)–C–C–N with tert-alkyl or cyclic N) is 1. The molecule has 9 unspecified atom stereocenters. The lowest BCUT2D eigenvalue weighted by atomic mass is 9.76. The van der Waals surface area contributed by atoms with Crippen molar-refractivity contribution in [1.82, 2.24) is 10.2 Å². The van der Waals surface area contributed by atoms with Gasteiger partial charge in [0.25, 0.3) is 0 Å². The molecule has 0 aromatic rings. The Labute approximate surface area is 303 Å². The largest absolute Gasteiger partial charge is 0.481 e. The molecule has 0 bridgehead atoms. The molecule has 4 fully saturated rings. The summed E-state index contributed by atoms with van der Waals surface area (Å²) in [7, 11) is 1.55. The Kier molecular flexibility index (Phi) is 14.3. The van der Waals surface area contributed by atoms with Crippen LogP contribution < -0.4 is 5.32 Å². The van der Waals surface area contributed by atoms with Crippen molar-refractivity contribution in [2.24, 2.45) is 17.8 Å². The summed E-state index contributed by atoms with van der Waals surface area (Å²) in [6.07, 6.45) is 5.09. The van der Waals surface area contributed by atoms with Crippen LogP contribution in [0.2, 0.25) is 0 Å². The van der Waals surface area contributed by atoms with Crippen LogP contribution in [0, 0.1) is 17.8 Å². The van der Waals surface area contributed by atoms with Crippen LogP contribution in [0.1, 0.15) is 64.2 Å². The summed E-state index contributed by atoms with van der Waals surface area (Å²) in [5.74, 6) is -6.94. The van der Waals surface area contributed by atoms with Crippen molar-refractivity contribution in [2.45, 2.75) is 113 Å². The van der Waals surface area contributed by atoms with Crippen LogP contribution in [0.25, 0.3) is 0 Å². The lowest BCUT2D eigenvalue weighted by Crippen LogP contribution is -2.69. The normalized spacial score (nSPS) is 36.0. The summed E-state index contributed by atoms with van der Waals surface area (Å²) in [5.41, 5.74) is -1.35. The van der Waals surface area contributed by atoms with Crippen LogP contribution in [0.5, 0.6) is 0 Å². The van der Waals surface area contributed by atoms with Gasteiger partial charge >= 0.3 is 11.9 Å². The molecule has 0 spiro atoms. The molecule has 2 saturated heterocycles.